The van der Waals surface area contributed by atoms with Crippen LogP contribution in [0.25, 0.3) is 0 Å². The van der Waals surface area contributed by atoms with Crippen molar-refractivity contribution in [1.29, 1.82) is 0 Å². The maximum absolute atomic E-state index is 3.09. The first kappa shape index (κ1) is 7.26. The number of halogens is 1. The van der Waals surface area contributed by atoms with Gasteiger partial charge in [-0.3, -0.25) is 0 Å². The van der Waals surface area contributed by atoms with E-state index in [1.807, 2.05) is 0 Å². The molecule has 0 nitrogen and oxygen atoms in total. The average molecular weight is 177 g/mol. The SMILES string of the molecule is C[Si](C)(C)C#CBr. The van der Waals surface area contributed by atoms with Gasteiger partial charge >= 0.3 is 0 Å². The standard InChI is InChI=1S/C5H9BrSi/c1-7(2,3)5-4-6/h1-3H3. The topological polar surface area (TPSA) is 0 Å². The van der Waals surface area contributed by atoms with Crippen LogP contribution in [-0.2, 0) is 0 Å². The third-order valence-electron chi connectivity index (χ3n) is 0.422. The molecule has 0 rings (SSSR count). The molecule has 0 aromatic carbocycles. The molecular weight excluding hydrogens is 168 g/mol. The maximum atomic E-state index is 3.09. The van der Waals surface area contributed by atoms with Gasteiger partial charge in [0.1, 0.15) is 8.07 Å². The van der Waals surface area contributed by atoms with Crippen LogP contribution >= 0.6 is 15.9 Å². The summed E-state index contributed by atoms with van der Waals surface area (Å²) in [7, 11) is -1.07. The van der Waals surface area contributed by atoms with Crippen LogP contribution in [0.1, 0.15) is 0 Å². The van der Waals surface area contributed by atoms with Crippen LogP contribution in [0, 0.1) is 10.4 Å². The summed E-state index contributed by atoms with van der Waals surface area (Å²) in [6, 6.07) is 0. The van der Waals surface area contributed by atoms with Crippen molar-refractivity contribution < 1.29 is 0 Å². The Balaban J connectivity index is 3.72. The van der Waals surface area contributed by atoms with Crippen LogP contribution in [0.15, 0.2) is 0 Å². The number of rotatable bonds is 0. The van der Waals surface area contributed by atoms with Gasteiger partial charge in [0.05, 0.1) is 0 Å². The van der Waals surface area contributed by atoms with Crippen molar-refractivity contribution in [1.82, 2.24) is 0 Å². The summed E-state index contributed by atoms with van der Waals surface area (Å²) < 4.78 is 0. The fraction of sp³-hybridized carbons (Fsp3) is 0.600. The molecule has 0 heterocycles. The molecule has 0 aromatic heterocycles. The van der Waals surface area contributed by atoms with Gasteiger partial charge in [0.2, 0.25) is 0 Å². The van der Waals surface area contributed by atoms with Gasteiger partial charge in [-0.05, 0) is 4.83 Å². The lowest BCUT2D eigenvalue weighted by Gasteiger charge is -2.01. The van der Waals surface area contributed by atoms with Crippen LogP contribution in [0.3, 0.4) is 0 Å². The van der Waals surface area contributed by atoms with Crippen LogP contribution in [0.2, 0.25) is 19.6 Å². The van der Waals surface area contributed by atoms with Gasteiger partial charge < -0.3 is 0 Å². The highest BCUT2D eigenvalue weighted by atomic mass is 79.9. The van der Waals surface area contributed by atoms with Gasteiger partial charge in [-0.15, -0.1) is 5.54 Å². The minimum atomic E-state index is -1.07. The Kier molecular flexibility index (Phi) is 2.63. The molecule has 0 atom stereocenters. The van der Waals surface area contributed by atoms with E-state index in [0.717, 1.165) is 0 Å². The van der Waals surface area contributed by atoms with E-state index >= 15 is 0 Å². The molecule has 0 saturated heterocycles. The molecule has 0 aliphatic carbocycles. The zero-order valence-electron chi connectivity index (χ0n) is 4.88. The summed E-state index contributed by atoms with van der Waals surface area (Å²) in [5.74, 6) is 0. The van der Waals surface area contributed by atoms with Gasteiger partial charge in [-0.2, -0.15) is 0 Å². The van der Waals surface area contributed by atoms with Crippen molar-refractivity contribution in [3.63, 3.8) is 0 Å². The van der Waals surface area contributed by atoms with Crippen molar-refractivity contribution in [2.75, 3.05) is 0 Å². The molecule has 7 heavy (non-hydrogen) atoms. The lowest BCUT2D eigenvalue weighted by Crippen LogP contribution is -2.15. The van der Waals surface area contributed by atoms with E-state index in [1.165, 1.54) is 0 Å². The van der Waals surface area contributed by atoms with Gasteiger partial charge in [-0.1, -0.05) is 19.6 Å². The van der Waals surface area contributed by atoms with E-state index in [4.69, 9.17) is 0 Å². The van der Waals surface area contributed by atoms with E-state index in [1.54, 1.807) is 0 Å². The number of hydrogen-bond acceptors (Lipinski definition) is 0. The summed E-state index contributed by atoms with van der Waals surface area (Å²) in [5.41, 5.74) is 3.09. The summed E-state index contributed by atoms with van der Waals surface area (Å²) in [6.45, 7) is 6.63. The smallest absolute Gasteiger partial charge is 0.120 e. The first-order valence-corrected chi connectivity index (χ1v) is 6.48. The molecule has 40 valence electrons. The third kappa shape index (κ3) is 6.26. The zero-order valence-corrected chi connectivity index (χ0v) is 7.46. The molecule has 0 aromatic rings. The minimum absolute atomic E-state index is 1.07. The molecule has 0 saturated carbocycles. The molecule has 0 amide bonds. The molecule has 0 bridgehead atoms. The lowest BCUT2D eigenvalue weighted by atomic mass is 11.4. The molecule has 2 heteroatoms. The first-order chi connectivity index (χ1) is 3.06. The second kappa shape index (κ2) is 2.54. The van der Waals surface area contributed by atoms with E-state index < -0.39 is 8.07 Å². The Labute approximate surface area is 54.4 Å². The fourth-order valence-electron chi connectivity index (χ4n) is 0.142. The third-order valence-corrected chi connectivity index (χ3v) is 1.86. The second-order valence-electron chi connectivity index (χ2n) is 2.47. The quantitative estimate of drug-likeness (QED) is 0.393. The molecule has 0 fully saturated rings. The van der Waals surface area contributed by atoms with Gasteiger partial charge in [0.25, 0.3) is 0 Å². The fourth-order valence-corrected chi connectivity index (χ4v) is 2.21. The molecule has 0 aliphatic rings. The van der Waals surface area contributed by atoms with E-state index in [9.17, 15) is 0 Å². The van der Waals surface area contributed by atoms with Crippen LogP contribution in [-0.4, -0.2) is 8.07 Å². The molecule has 0 unspecified atom stereocenters. The summed E-state index contributed by atoms with van der Waals surface area (Å²) >= 11 is 3.06. The highest BCUT2D eigenvalue weighted by molar-refractivity contribution is 9.12. The summed E-state index contributed by atoms with van der Waals surface area (Å²) in [6.07, 6.45) is 0. The Morgan fingerprint density at radius 3 is 1.71 bits per heavy atom. The summed E-state index contributed by atoms with van der Waals surface area (Å²) in [4.78, 5) is 2.73. The van der Waals surface area contributed by atoms with E-state index in [0.29, 0.717) is 0 Å². The van der Waals surface area contributed by atoms with Crippen molar-refractivity contribution in [3.8, 4) is 10.4 Å². The minimum Gasteiger partial charge on any atom is -0.120 e. The average Bonchev–Trinajstić information content (AvgIpc) is 1.30. The van der Waals surface area contributed by atoms with Crippen molar-refractivity contribution in [2.45, 2.75) is 19.6 Å². The van der Waals surface area contributed by atoms with Crippen molar-refractivity contribution in [2.24, 2.45) is 0 Å². The second-order valence-corrected chi connectivity index (χ2v) is 7.62. The van der Waals surface area contributed by atoms with Gasteiger partial charge in [0, 0.05) is 15.9 Å². The Morgan fingerprint density at radius 1 is 1.29 bits per heavy atom. The predicted octanol–water partition coefficient (Wildman–Crippen LogP) is 2.22. The Hall–Kier alpha value is 0.257. The van der Waals surface area contributed by atoms with E-state index in [-0.39, 0.29) is 0 Å². The Bertz CT molecular complexity index is 101. The lowest BCUT2D eigenvalue weighted by molar-refractivity contribution is 1.82. The zero-order chi connectivity index (χ0) is 5.91. The maximum Gasteiger partial charge on any atom is 0.130 e. The highest BCUT2D eigenvalue weighted by Crippen LogP contribution is 1.96. The number of hydrogen-bond donors (Lipinski definition) is 0. The van der Waals surface area contributed by atoms with Crippen molar-refractivity contribution in [3.05, 3.63) is 0 Å². The summed E-state index contributed by atoms with van der Waals surface area (Å²) in [5, 5.41) is 0. The molecule has 0 aliphatic heterocycles. The molecule has 0 spiro atoms. The predicted molar refractivity (Wildman–Crippen MR) is 40.0 cm³/mol. The first-order valence-electron chi connectivity index (χ1n) is 2.19. The highest BCUT2D eigenvalue weighted by Gasteiger charge is 2.06. The monoisotopic (exact) mass is 176 g/mol. The van der Waals surface area contributed by atoms with E-state index in [2.05, 4.69) is 45.9 Å². The van der Waals surface area contributed by atoms with Gasteiger partial charge in [-0.25, -0.2) is 0 Å². The molecule has 0 N–H and O–H groups in total. The van der Waals surface area contributed by atoms with Crippen LogP contribution < -0.4 is 0 Å². The Morgan fingerprint density at radius 2 is 1.71 bits per heavy atom. The van der Waals surface area contributed by atoms with Crippen LogP contribution in [0.4, 0.5) is 0 Å². The largest absolute Gasteiger partial charge is 0.130 e. The van der Waals surface area contributed by atoms with Crippen molar-refractivity contribution >= 4 is 24.0 Å². The molecular formula is C5H9BrSi. The van der Waals surface area contributed by atoms with Gasteiger partial charge in [0.15, 0.2) is 0 Å². The molecule has 0 radical (unpaired) electrons. The van der Waals surface area contributed by atoms with Crippen LogP contribution in [0.5, 0.6) is 0 Å². The normalized spacial score (nSPS) is 9.71.